The fraction of sp³-hybridized carbons (Fsp3) is 0.389. The molecule has 1 N–H and O–H groups in total. The number of rotatable bonds is 5. The summed E-state index contributed by atoms with van der Waals surface area (Å²) >= 11 is 0. The monoisotopic (exact) mass is 326 g/mol. The van der Waals surface area contributed by atoms with Gasteiger partial charge in [0.1, 0.15) is 17.9 Å². The fourth-order valence-electron chi connectivity index (χ4n) is 2.81. The van der Waals surface area contributed by atoms with Crippen LogP contribution in [0, 0.1) is 6.92 Å². The van der Waals surface area contributed by atoms with Crippen LogP contribution in [0.5, 0.6) is 5.75 Å². The summed E-state index contributed by atoms with van der Waals surface area (Å²) in [6, 6.07) is 9.93. The van der Waals surface area contributed by atoms with Crippen molar-refractivity contribution in [3.63, 3.8) is 0 Å². The summed E-state index contributed by atoms with van der Waals surface area (Å²) in [5.41, 5.74) is 1.04. The van der Waals surface area contributed by atoms with E-state index in [4.69, 9.17) is 4.74 Å². The molecule has 1 fully saturated rings. The number of nitrogens with zero attached hydrogens (tertiary/aromatic N) is 3. The third-order valence-corrected chi connectivity index (χ3v) is 4.23. The second-order valence-corrected chi connectivity index (χ2v) is 5.95. The van der Waals surface area contributed by atoms with E-state index in [0.717, 1.165) is 43.1 Å². The van der Waals surface area contributed by atoms with E-state index < -0.39 is 0 Å². The van der Waals surface area contributed by atoms with E-state index in [0.29, 0.717) is 6.04 Å². The average Bonchev–Trinajstić information content (AvgIpc) is 2.62. The van der Waals surface area contributed by atoms with E-state index in [-0.39, 0.29) is 12.5 Å². The second-order valence-electron chi connectivity index (χ2n) is 5.95. The number of nitrogens with one attached hydrogen (secondary N) is 1. The molecule has 6 heteroatoms. The first-order valence-corrected chi connectivity index (χ1v) is 8.21. The van der Waals surface area contributed by atoms with Crippen molar-refractivity contribution in [1.82, 2.24) is 14.9 Å². The number of amides is 1. The molecule has 6 nitrogen and oxygen atoms in total. The maximum atomic E-state index is 12.3. The van der Waals surface area contributed by atoms with Gasteiger partial charge in [0.2, 0.25) is 0 Å². The van der Waals surface area contributed by atoms with Gasteiger partial charge in [0, 0.05) is 25.3 Å². The van der Waals surface area contributed by atoms with Gasteiger partial charge >= 0.3 is 0 Å². The normalized spacial score (nSPS) is 15.1. The zero-order chi connectivity index (χ0) is 16.8. The first kappa shape index (κ1) is 16.2. The van der Waals surface area contributed by atoms with Crippen LogP contribution in [-0.4, -0.2) is 46.5 Å². The number of anilines is 1. The molecule has 1 aliphatic rings. The number of benzene rings is 1. The van der Waals surface area contributed by atoms with Gasteiger partial charge in [-0.2, -0.15) is 0 Å². The molecule has 0 aliphatic carbocycles. The van der Waals surface area contributed by atoms with Gasteiger partial charge in [-0.15, -0.1) is 0 Å². The van der Waals surface area contributed by atoms with Crippen LogP contribution in [0.4, 0.5) is 5.82 Å². The Morgan fingerprint density at radius 2 is 2.08 bits per heavy atom. The third kappa shape index (κ3) is 4.22. The maximum Gasteiger partial charge on any atom is 0.260 e. The quantitative estimate of drug-likeness (QED) is 0.913. The highest BCUT2D eigenvalue weighted by atomic mass is 16.5. The van der Waals surface area contributed by atoms with Crippen LogP contribution in [0.1, 0.15) is 18.4 Å². The van der Waals surface area contributed by atoms with Crippen molar-refractivity contribution in [2.75, 3.05) is 25.0 Å². The molecule has 1 aliphatic heterocycles. The van der Waals surface area contributed by atoms with Crippen molar-refractivity contribution in [3.05, 3.63) is 48.4 Å². The molecule has 1 aromatic heterocycles. The van der Waals surface area contributed by atoms with Crippen LogP contribution in [0.25, 0.3) is 0 Å². The van der Waals surface area contributed by atoms with Crippen molar-refractivity contribution in [2.24, 2.45) is 0 Å². The molecule has 0 atom stereocenters. The van der Waals surface area contributed by atoms with Gasteiger partial charge < -0.3 is 15.0 Å². The lowest BCUT2D eigenvalue weighted by atomic mass is 10.1. The van der Waals surface area contributed by atoms with Crippen LogP contribution < -0.4 is 10.1 Å². The summed E-state index contributed by atoms with van der Waals surface area (Å²) in [4.78, 5) is 22.3. The Bertz CT molecular complexity index is 670. The molecule has 24 heavy (non-hydrogen) atoms. The van der Waals surface area contributed by atoms with Crippen molar-refractivity contribution >= 4 is 11.7 Å². The number of ether oxygens (including phenoxy) is 1. The Kier molecular flexibility index (Phi) is 5.25. The van der Waals surface area contributed by atoms with Gasteiger partial charge in [0.15, 0.2) is 6.61 Å². The molecule has 2 heterocycles. The Morgan fingerprint density at radius 1 is 1.29 bits per heavy atom. The molecular formula is C18H22N4O2. The molecular weight excluding hydrogens is 304 g/mol. The number of carbonyl (C=O) groups is 1. The average molecular weight is 326 g/mol. The number of hydrogen-bond donors (Lipinski definition) is 1. The predicted molar refractivity (Wildman–Crippen MR) is 91.9 cm³/mol. The van der Waals surface area contributed by atoms with E-state index in [2.05, 4.69) is 15.3 Å². The molecule has 1 saturated heterocycles. The lowest BCUT2D eigenvalue weighted by molar-refractivity contribution is -0.134. The number of likely N-dealkylation sites (tertiary alicyclic amines) is 1. The molecule has 1 aromatic carbocycles. The Balaban J connectivity index is 1.44. The van der Waals surface area contributed by atoms with E-state index in [1.54, 1.807) is 6.20 Å². The number of hydrogen-bond acceptors (Lipinski definition) is 5. The van der Waals surface area contributed by atoms with Crippen LogP contribution in [0.3, 0.4) is 0 Å². The lowest BCUT2D eigenvalue weighted by Crippen LogP contribution is -2.44. The summed E-state index contributed by atoms with van der Waals surface area (Å²) in [6.07, 6.45) is 5.06. The van der Waals surface area contributed by atoms with Gasteiger partial charge in [-0.1, -0.05) is 18.2 Å². The van der Waals surface area contributed by atoms with Gasteiger partial charge in [0.25, 0.3) is 5.91 Å². The maximum absolute atomic E-state index is 12.3. The van der Waals surface area contributed by atoms with Crippen LogP contribution in [0.2, 0.25) is 0 Å². The number of aryl methyl sites for hydroxylation is 1. The zero-order valence-electron chi connectivity index (χ0n) is 13.8. The number of piperidine rings is 1. The molecule has 126 valence electrons. The van der Waals surface area contributed by atoms with Crippen molar-refractivity contribution in [2.45, 2.75) is 25.8 Å². The second kappa shape index (κ2) is 7.77. The van der Waals surface area contributed by atoms with E-state index in [1.807, 2.05) is 42.2 Å². The minimum Gasteiger partial charge on any atom is -0.484 e. The van der Waals surface area contributed by atoms with Crippen molar-refractivity contribution in [1.29, 1.82) is 0 Å². The molecule has 0 radical (unpaired) electrons. The topological polar surface area (TPSA) is 67.3 Å². The molecule has 0 spiro atoms. The molecule has 2 aromatic rings. The number of carbonyl (C=O) groups excluding carboxylic acids is 1. The Morgan fingerprint density at radius 3 is 2.79 bits per heavy atom. The van der Waals surface area contributed by atoms with Gasteiger partial charge in [-0.05, 0) is 37.5 Å². The number of aromatic nitrogens is 2. The summed E-state index contributed by atoms with van der Waals surface area (Å²) < 4.78 is 5.65. The van der Waals surface area contributed by atoms with Crippen LogP contribution in [0.15, 0.2) is 42.9 Å². The highest BCUT2D eigenvalue weighted by molar-refractivity contribution is 5.78. The van der Waals surface area contributed by atoms with Gasteiger partial charge in [0.05, 0.1) is 0 Å². The third-order valence-electron chi connectivity index (χ3n) is 4.23. The van der Waals surface area contributed by atoms with Crippen molar-refractivity contribution in [3.8, 4) is 5.75 Å². The van der Waals surface area contributed by atoms with Crippen LogP contribution in [-0.2, 0) is 4.79 Å². The van der Waals surface area contributed by atoms with Gasteiger partial charge in [-0.3, -0.25) is 4.79 Å². The summed E-state index contributed by atoms with van der Waals surface area (Å²) in [5.74, 6) is 1.64. The molecule has 0 saturated carbocycles. The molecule has 0 bridgehead atoms. The Labute approximate surface area is 141 Å². The summed E-state index contributed by atoms with van der Waals surface area (Å²) in [5, 5.41) is 3.39. The highest BCUT2D eigenvalue weighted by Gasteiger charge is 2.23. The first-order valence-electron chi connectivity index (χ1n) is 8.21. The lowest BCUT2D eigenvalue weighted by Gasteiger charge is -2.32. The molecule has 0 unspecified atom stereocenters. The van der Waals surface area contributed by atoms with Gasteiger partial charge in [-0.25, -0.2) is 9.97 Å². The summed E-state index contributed by atoms with van der Waals surface area (Å²) in [6.45, 7) is 3.54. The first-order chi connectivity index (χ1) is 11.7. The van der Waals surface area contributed by atoms with Crippen molar-refractivity contribution < 1.29 is 9.53 Å². The zero-order valence-corrected chi connectivity index (χ0v) is 13.8. The Hall–Kier alpha value is -2.63. The van der Waals surface area contributed by atoms with E-state index in [9.17, 15) is 4.79 Å². The van der Waals surface area contributed by atoms with E-state index in [1.165, 1.54) is 6.33 Å². The minimum atomic E-state index is 0.0405. The largest absolute Gasteiger partial charge is 0.484 e. The smallest absolute Gasteiger partial charge is 0.260 e. The van der Waals surface area contributed by atoms with E-state index >= 15 is 0 Å². The fourth-order valence-corrected chi connectivity index (χ4v) is 2.81. The highest BCUT2D eigenvalue weighted by Crippen LogP contribution is 2.18. The predicted octanol–water partition coefficient (Wildman–Crippen LogP) is 2.27. The minimum absolute atomic E-state index is 0.0405. The molecule has 3 rings (SSSR count). The number of para-hydroxylation sites is 1. The standard InChI is InChI=1S/C18H22N4O2/c1-14-4-2-3-5-16(14)24-12-18(23)22-10-7-15(8-11-22)21-17-6-9-19-13-20-17/h2-6,9,13,15H,7-8,10-12H2,1H3,(H,19,20,21). The SMILES string of the molecule is Cc1ccccc1OCC(=O)N1CCC(Nc2ccncn2)CC1. The molecule has 1 amide bonds. The summed E-state index contributed by atoms with van der Waals surface area (Å²) in [7, 11) is 0. The van der Waals surface area contributed by atoms with Crippen LogP contribution >= 0.6 is 0 Å².